The van der Waals surface area contributed by atoms with Crippen molar-refractivity contribution in [2.24, 2.45) is 11.8 Å². The molecule has 0 spiro atoms. The fourth-order valence-corrected chi connectivity index (χ4v) is 3.23. The molecule has 1 aromatic carbocycles. The van der Waals surface area contributed by atoms with Gasteiger partial charge in [-0.05, 0) is 62.9 Å². The predicted octanol–water partition coefficient (Wildman–Crippen LogP) is 3.27. The van der Waals surface area contributed by atoms with Crippen LogP contribution < -0.4 is 5.32 Å². The molecule has 1 amide bonds. The molecule has 2 unspecified atom stereocenters. The van der Waals surface area contributed by atoms with Gasteiger partial charge in [-0.15, -0.1) is 12.4 Å². The molecule has 3 nitrogen and oxygen atoms in total. The summed E-state index contributed by atoms with van der Waals surface area (Å²) in [7, 11) is 1.96. The lowest BCUT2D eigenvalue weighted by Crippen LogP contribution is -2.44. The average Bonchev–Trinajstić information content (AvgIpc) is 2.52. The monoisotopic (exact) mass is 342 g/mol. The molecule has 1 fully saturated rings. The maximum absolute atomic E-state index is 13.2. The summed E-state index contributed by atoms with van der Waals surface area (Å²) in [6.45, 7) is 4.71. The van der Waals surface area contributed by atoms with Gasteiger partial charge in [0, 0.05) is 19.0 Å². The van der Waals surface area contributed by atoms with Crippen LogP contribution in [0, 0.1) is 17.7 Å². The van der Waals surface area contributed by atoms with Gasteiger partial charge >= 0.3 is 0 Å². The molecule has 1 saturated heterocycles. The summed E-state index contributed by atoms with van der Waals surface area (Å²) in [5, 5.41) is 3.20. The highest BCUT2D eigenvalue weighted by Crippen LogP contribution is 2.20. The number of carbonyl (C=O) groups is 1. The molecule has 0 aromatic heterocycles. The fraction of sp³-hybridized carbons (Fsp3) is 0.611. The van der Waals surface area contributed by atoms with E-state index in [0.717, 1.165) is 44.5 Å². The van der Waals surface area contributed by atoms with Crippen LogP contribution in [0.15, 0.2) is 24.3 Å². The predicted molar refractivity (Wildman–Crippen MR) is 94.4 cm³/mol. The number of aryl methyl sites for hydroxylation is 1. The van der Waals surface area contributed by atoms with E-state index < -0.39 is 0 Å². The molecule has 0 bridgehead atoms. The quantitative estimate of drug-likeness (QED) is 0.860. The molecule has 1 aliphatic rings. The molecule has 0 radical (unpaired) electrons. The number of amides is 1. The van der Waals surface area contributed by atoms with Gasteiger partial charge in [-0.25, -0.2) is 4.39 Å². The second-order valence-electron chi connectivity index (χ2n) is 6.42. The second-order valence-corrected chi connectivity index (χ2v) is 6.42. The smallest absolute Gasteiger partial charge is 0.225 e. The number of nitrogens with zero attached hydrogens (tertiary/aromatic N) is 1. The minimum atomic E-state index is -0.206. The van der Waals surface area contributed by atoms with E-state index in [0.29, 0.717) is 5.92 Å². The van der Waals surface area contributed by atoms with Crippen LogP contribution in [0.1, 0.15) is 31.7 Å². The van der Waals surface area contributed by atoms with E-state index >= 15 is 0 Å². The van der Waals surface area contributed by atoms with Crippen molar-refractivity contribution in [2.75, 3.05) is 26.7 Å². The van der Waals surface area contributed by atoms with Crippen LogP contribution in [0.3, 0.4) is 0 Å². The number of piperidine rings is 1. The first-order valence-corrected chi connectivity index (χ1v) is 8.28. The topological polar surface area (TPSA) is 32.3 Å². The minimum Gasteiger partial charge on any atom is -0.342 e. The normalized spacial score (nSPS) is 19.1. The van der Waals surface area contributed by atoms with Crippen molar-refractivity contribution in [1.29, 1.82) is 0 Å². The van der Waals surface area contributed by atoms with E-state index in [4.69, 9.17) is 0 Å². The number of carbonyl (C=O) groups excluding carboxylic acids is 1. The maximum atomic E-state index is 13.2. The number of nitrogens with one attached hydrogen (secondary N) is 1. The van der Waals surface area contributed by atoms with Gasteiger partial charge in [0.15, 0.2) is 0 Å². The van der Waals surface area contributed by atoms with Crippen LogP contribution in [0.5, 0.6) is 0 Å². The first-order valence-electron chi connectivity index (χ1n) is 8.28. The Morgan fingerprint density at radius 1 is 1.48 bits per heavy atom. The van der Waals surface area contributed by atoms with Gasteiger partial charge in [0.25, 0.3) is 0 Å². The van der Waals surface area contributed by atoms with Crippen molar-refractivity contribution < 1.29 is 9.18 Å². The van der Waals surface area contributed by atoms with Crippen LogP contribution >= 0.6 is 12.4 Å². The lowest BCUT2D eigenvalue weighted by Gasteiger charge is -2.34. The molecule has 130 valence electrons. The number of benzene rings is 1. The van der Waals surface area contributed by atoms with Gasteiger partial charge in [0.1, 0.15) is 5.82 Å². The molecule has 0 aliphatic carbocycles. The van der Waals surface area contributed by atoms with Crippen LogP contribution in [0.4, 0.5) is 4.39 Å². The van der Waals surface area contributed by atoms with Crippen LogP contribution in [-0.2, 0) is 11.2 Å². The molecule has 0 saturated carbocycles. The van der Waals surface area contributed by atoms with Crippen molar-refractivity contribution in [3.8, 4) is 0 Å². The molecule has 1 heterocycles. The highest BCUT2D eigenvalue weighted by molar-refractivity contribution is 5.85. The molecule has 1 N–H and O–H groups in total. The number of rotatable bonds is 6. The lowest BCUT2D eigenvalue weighted by molar-refractivity contribution is -0.137. The maximum Gasteiger partial charge on any atom is 0.225 e. The van der Waals surface area contributed by atoms with Crippen LogP contribution in [-0.4, -0.2) is 37.5 Å². The van der Waals surface area contributed by atoms with Crippen LogP contribution in [0.25, 0.3) is 0 Å². The Morgan fingerprint density at radius 3 is 2.96 bits per heavy atom. The summed E-state index contributed by atoms with van der Waals surface area (Å²) in [6.07, 6.45) is 3.81. The Balaban J connectivity index is 0.00000264. The van der Waals surface area contributed by atoms with Gasteiger partial charge < -0.3 is 10.2 Å². The molecular formula is C18H28ClFN2O. The molecule has 2 atom stereocenters. The van der Waals surface area contributed by atoms with Gasteiger partial charge in [-0.3, -0.25) is 4.79 Å². The Kier molecular flexibility index (Phi) is 8.56. The third-order valence-corrected chi connectivity index (χ3v) is 4.50. The zero-order chi connectivity index (χ0) is 15.9. The number of hydrogen-bond donors (Lipinski definition) is 1. The standard InChI is InChI=1S/C18H27FN2O.ClH/c1-14(8-9-15-5-3-7-17(19)11-15)18(22)21-10-4-6-16(13-21)12-20-2;/h3,5,7,11,14,16,20H,4,6,8-10,12-13H2,1-2H3;1H. The Labute approximate surface area is 145 Å². The Bertz CT molecular complexity index is 496. The Morgan fingerprint density at radius 2 is 2.26 bits per heavy atom. The van der Waals surface area contributed by atoms with Crippen molar-refractivity contribution >= 4 is 18.3 Å². The Hall–Kier alpha value is -1.13. The first kappa shape index (κ1) is 19.9. The van der Waals surface area contributed by atoms with Crippen molar-refractivity contribution in [3.05, 3.63) is 35.6 Å². The zero-order valence-corrected chi connectivity index (χ0v) is 14.9. The summed E-state index contributed by atoms with van der Waals surface area (Å²) < 4.78 is 13.2. The zero-order valence-electron chi connectivity index (χ0n) is 14.1. The highest BCUT2D eigenvalue weighted by atomic mass is 35.5. The van der Waals surface area contributed by atoms with Crippen molar-refractivity contribution in [3.63, 3.8) is 0 Å². The molecular weight excluding hydrogens is 315 g/mol. The lowest BCUT2D eigenvalue weighted by atomic mass is 9.95. The molecule has 2 rings (SSSR count). The molecule has 1 aromatic rings. The molecule has 5 heteroatoms. The van der Waals surface area contributed by atoms with Crippen molar-refractivity contribution in [2.45, 2.75) is 32.6 Å². The largest absolute Gasteiger partial charge is 0.342 e. The second kappa shape index (κ2) is 9.89. The van der Waals surface area contributed by atoms with Gasteiger partial charge in [-0.1, -0.05) is 19.1 Å². The summed E-state index contributed by atoms with van der Waals surface area (Å²) in [5.74, 6) is 0.606. The van der Waals surface area contributed by atoms with E-state index in [-0.39, 0.29) is 30.0 Å². The first-order chi connectivity index (χ1) is 10.6. The summed E-state index contributed by atoms with van der Waals surface area (Å²) in [5.41, 5.74) is 0.964. The summed E-state index contributed by atoms with van der Waals surface area (Å²) in [4.78, 5) is 14.6. The van der Waals surface area contributed by atoms with E-state index in [1.807, 2.05) is 24.9 Å². The number of halogens is 2. The summed E-state index contributed by atoms with van der Waals surface area (Å²) >= 11 is 0. The third kappa shape index (κ3) is 6.11. The molecule has 23 heavy (non-hydrogen) atoms. The number of likely N-dealkylation sites (tertiary alicyclic amines) is 1. The average molecular weight is 343 g/mol. The molecule has 1 aliphatic heterocycles. The number of hydrogen-bond acceptors (Lipinski definition) is 2. The summed E-state index contributed by atoms with van der Waals surface area (Å²) in [6, 6.07) is 6.66. The van der Waals surface area contributed by atoms with Crippen molar-refractivity contribution in [1.82, 2.24) is 10.2 Å². The van der Waals surface area contributed by atoms with E-state index in [1.54, 1.807) is 12.1 Å². The van der Waals surface area contributed by atoms with E-state index in [9.17, 15) is 9.18 Å². The van der Waals surface area contributed by atoms with E-state index in [1.165, 1.54) is 12.5 Å². The van der Waals surface area contributed by atoms with Crippen LogP contribution in [0.2, 0.25) is 0 Å². The highest BCUT2D eigenvalue weighted by Gasteiger charge is 2.26. The SMILES string of the molecule is CNCC1CCCN(C(=O)C(C)CCc2cccc(F)c2)C1.Cl. The fourth-order valence-electron chi connectivity index (χ4n) is 3.23. The van der Waals surface area contributed by atoms with Gasteiger partial charge in [0.05, 0.1) is 0 Å². The van der Waals surface area contributed by atoms with Gasteiger partial charge in [-0.2, -0.15) is 0 Å². The van der Waals surface area contributed by atoms with Gasteiger partial charge in [0.2, 0.25) is 5.91 Å². The minimum absolute atomic E-state index is 0. The third-order valence-electron chi connectivity index (χ3n) is 4.50. The van der Waals surface area contributed by atoms with E-state index in [2.05, 4.69) is 5.32 Å².